The predicted octanol–water partition coefficient (Wildman–Crippen LogP) is 4.25. The first-order chi connectivity index (χ1) is 11.7. The van der Waals surface area contributed by atoms with Crippen molar-refractivity contribution >= 4 is 27.3 Å². The summed E-state index contributed by atoms with van der Waals surface area (Å²) < 4.78 is 20.1. The summed E-state index contributed by atoms with van der Waals surface area (Å²) in [6.45, 7) is 1.63. The molecule has 4 rings (SSSR count). The maximum Gasteiger partial charge on any atom is 0.264 e. The van der Waals surface area contributed by atoms with Gasteiger partial charge in [0, 0.05) is 11.2 Å². The van der Waals surface area contributed by atoms with Gasteiger partial charge in [-0.1, -0.05) is 30.3 Å². The smallest absolute Gasteiger partial charge is 0.264 e. The van der Waals surface area contributed by atoms with Gasteiger partial charge in [0.05, 0.1) is 18.0 Å². The Morgan fingerprint density at radius 1 is 1.17 bits per heavy atom. The van der Waals surface area contributed by atoms with Crippen LogP contribution in [0.4, 0.5) is 4.39 Å². The van der Waals surface area contributed by atoms with Gasteiger partial charge in [0.1, 0.15) is 11.9 Å². The van der Waals surface area contributed by atoms with Crippen LogP contribution in [0.1, 0.15) is 21.3 Å². The Hall–Kier alpha value is -2.24. The zero-order chi connectivity index (χ0) is 16.5. The van der Waals surface area contributed by atoms with Crippen LogP contribution < -0.4 is 0 Å². The van der Waals surface area contributed by atoms with Crippen molar-refractivity contribution in [3.8, 4) is 0 Å². The molecule has 0 spiro atoms. The van der Waals surface area contributed by atoms with E-state index in [0.29, 0.717) is 24.6 Å². The van der Waals surface area contributed by atoms with Crippen molar-refractivity contribution in [3.63, 3.8) is 0 Å². The number of carbonyl (C=O) groups is 1. The second kappa shape index (κ2) is 6.34. The van der Waals surface area contributed by atoms with E-state index in [1.165, 1.54) is 23.5 Å². The summed E-state index contributed by atoms with van der Waals surface area (Å²) in [5.74, 6) is -0.296. The maximum absolute atomic E-state index is 13.3. The first-order valence-corrected chi connectivity index (χ1v) is 8.67. The first-order valence-electron chi connectivity index (χ1n) is 7.85. The van der Waals surface area contributed by atoms with Crippen molar-refractivity contribution in [1.29, 1.82) is 0 Å². The molecule has 2 heterocycles. The molecule has 1 amide bonds. The number of ether oxygens (including phenoxy) is 1. The normalized spacial score (nSPS) is 18.0. The Morgan fingerprint density at radius 3 is 2.83 bits per heavy atom. The lowest BCUT2D eigenvalue weighted by Crippen LogP contribution is -2.42. The van der Waals surface area contributed by atoms with Gasteiger partial charge in [-0.3, -0.25) is 4.79 Å². The summed E-state index contributed by atoms with van der Waals surface area (Å²) in [7, 11) is 0. The van der Waals surface area contributed by atoms with Crippen molar-refractivity contribution in [1.82, 2.24) is 4.90 Å². The van der Waals surface area contributed by atoms with E-state index in [9.17, 15) is 9.18 Å². The zero-order valence-electron chi connectivity index (χ0n) is 12.9. The highest BCUT2D eigenvalue weighted by molar-refractivity contribution is 7.20. The second-order valence-electron chi connectivity index (χ2n) is 5.81. The number of benzene rings is 2. The van der Waals surface area contributed by atoms with Gasteiger partial charge >= 0.3 is 0 Å². The van der Waals surface area contributed by atoms with Crippen LogP contribution in [0, 0.1) is 5.82 Å². The molecule has 1 atom stereocenters. The predicted molar refractivity (Wildman–Crippen MR) is 92.8 cm³/mol. The molecule has 0 saturated carbocycles. The molecule has 1 aliphatic heterocycles. The summed E-state index contributed by atoms with van der Waals surface area (Å²) in [6, 6.07) is 16.3. The van der Waals surface area contributed by atoms with Crippen LogP contribution in [0.2, 0.25) is 0 Å². The van der Waals surface area contributed by atoms with E-state index in [1.807, 2.05) is 35.2 Å². The molecular formula is C19H16FNO2S. The quantitative estimate of drug-likeness (QED) is 0.697. The van der Waals surface area contributed by atoms with Crippen molar-refractivity contribution < 1.29 is 13.9 Å². The van der Waals surface area contributed by atoms with Crippen LogP contribution in [0.5, 0.6) is 0 Å². The highest BCUT2D eigenvalue weighted by atomic mass is 32.1. The second-order valence-corrected chi connectivity index (χ2v) is 6.90. The third kappa shape index (κ3) is 2.92. The molecule has 2 aromatic carbocycles. The number of halogens is 1. The molecule has 1 saturated heterocycles. The van der Waals surface area contributed by atoms with E-state index < -0.39 is 0 Å². The minimum atomic E-state index is -0.283. The van der Waals surface area contributed by atoms with E-state index in [0.717, 1.165) is 15.6 Å². The Balaban J connectivity index is 1.56. The van der Waals surface area contributed by atoms with Gasteiger partial charge in [0.25, 0.3) is 5.91 Å². The van der Waals surface area contributed by atoms with Crippen LogP contribution in [-0.4, -0.2) is 30.5 Å². The number of rotatable bonds is 2. The van der Waals surface area contributed by atoms with Crippen LogP contribution in [-0.2, 0) is 4.74 Å². The monoisotopic (exact) mass is 341 g/mol. The number of carbonyl (C=O) groups excluding carboxylic acids is 1. The van der Waals surface area contributed by atoms with E-state index in [-0.39, 0.29) is 17.8 Å². The molecule has 0 bridgehead atoms. The molecule has 0 unspecified atom stereocenters. The van der Waals surface area contributed by atoms with Crippen molar-refractivity contribution in [2.75, 3.05) is 19.7 Å². The molecule has 3 aromatic rings. The van der Waals surface area contributed by atoms with Gasteiger partial charge in [-0.05, 0) is 35.2 Å². The van der Waals surface area contributed by atoms with Crippen LogP contribution in [0.3, 0.4) is 0 Å². The van der Waals surface area contributed by atoms with E-state index >= 15 is 0 Å². The van der Waals surface area contributed by atoms with Gasteiger partial charge in [0.2, 0.25) is 0 Å². The number of thiophene rings is 1. The minimum Gasteiger partial charge on any atom is -0.370 e. The fourth-order valence-electron chi connectivity index (χ4n) is 2.98. The molecule has 24 heavy (non-hydrogen) atoms. The van der Waals surface area contributed by atoms with Gasteiger partial charge < -0.3 is 9.64 Å². The van der Waals surface area contributed by atoms with Crippen LogP contribution in [0.25, 0.3) is 10.1 Å². The Morgan fingerprint density at radius 2 is 2.00 bits per heavy atom. The number of amides is 1. The van der Waals surface area contributed by atoms with Crippen molar-refractivity contribution in [2.45, 2.75) is 6.10 Å². The van der Waals surface area contributed by atoms with E-state index in [4.69, 9.17) is 4.74 Å². The van der Waals surface area contributed by atoms with E-state index in [1.54, 1.807) is 12.1 Å². The summed E-state index contributed by atoms with van der Waals surface area (Å²) in [5, 5.41) is 0.774. The van der Waals surface area contributed by atoms with Crippen molar-refractivity contribution in [2.24, 2.45) is 0 Å². The third-order valence-electron chi connectivity index (χ3n) is 4.21. The number of hydrogen-bond acceptors (Lipinski definition) is 3. The highest BCUT2D eigenvalue weighted by Crippen LogP contribution is 2.29. The molecule has 0 radical (unpaired) electrons. The van der Waals surface area contributed by atoms with Gasteiger partial charge in [0.15, 0.2) is 0 Å². The third-order valence-corrected chi connectivity index (χ3v) is 5.32. The molecule has 1 fully saturated rings. The molecule has 1 aromatic heterocycles. The maximum atomic E-state index is 13.3. The molecule has 0 N–H and O–H groups in total. The van der Waals surface area contributed by atoms with Crippen LogP contribution >= 0.6 is 11.3 Å². The first kappa shape index (κ1) is 15.3. The molecule has 122 valence electrons. The fraction of sp³-hybridized carbons (Fsp3) is 0.211. The Labute approximate surface area is 143 Å². The van der Waals surface area contributed by atoms with Gasteiger partial charge in [-0.2, -0.15) is 0 Å². The average Bonchev–Trinajstić information content (AvgIpc) is 3.05. The molecule has 1 aliphatic rings. The number of fused-ring (bicyclic) bond motifs is 1. The Kier molecular flexibility index (Phi) is 4.04. The highest BCUT2D eigenvalue weighted by Gasteiger charge is 2.27. The topological polar surface area (TPSA) is 29.5 Å². The SMILES string of the molecule is O=C(c1cc2cc(F)ccc2s1)N1CCO[C@H](c2ccccc2)C1. The number of nitrogens with zero attached hydrogens (tertiary/aromatic N) is 1. The minimum absolute atomic E-state index is 0.0131. The van der Waals surface area contributed by atoms with Crippen molar-refractivity contribution in [3.05, 3.63) is 70.9 Å². The largest absolute Gasteiger partial charge is 0.370 e. The lowest BCUT2D eigenvalue weighted by Gasteiger charge is -2.33. The average molecular weight is 341 g/mol. The summed E-state index contributed by atoms with van der Waals surface area (Å²) >= 11 is 1.41. The zero-order valence-corrected chi connectivity index (χ0v) is 13.8. The standard InChI is InChI=1S/C19H16FNO2S/c20-15-6-7-17-14(10-15)11-18(24-17)19(22)21-8-9-23-16(12-21)13-4-2-1-3-5-13/h1-7,10-11,16H,8-9,12H2/t16-/m0/s1. The molecular weight excluding hydrogens is 325 g/mol. The lowest BCUT2D eigenvalue weighted by molar-refractivity contribution is -0.0226. The molecule has 5 heteroatoms. The summed E-state index contributed by atoms with van der Waals surface area (Å²) in [6.07, 6.45) is -0.101. The van der Waals surface area contributed by atoms with Crippen LogP contribution in [0.15, 0.2) is 54.6 Å². The molecule has 3 nitrogen and oxygen atoms in total. The molecule has 0 aliphatic carbocycles. The number of hydrogen-bond donors (Lipinski definition) is 0. The van der Waals surface area contributed by atoms with Gasteiger partial charge in [-0.15, -0.1) is 11.3 Å². The Bertz CT molecular complexity index is 877. The summed E-state index contributed by atoms with van der Waals surface area (Å²) in [5.41, 5.74) is 1.08. The van der Waals surface area contributed by atoms with E-state index in [2.05, 4.69) is 0 Å². The lowest BCUT2D eigenvalue weighted by atomic mass is 10.1. The van der Waals surface area contributed by atoms with Gasteiger partial charge in [-0.25, -0.2) is 4.39 Å². The summed E-state index contributed by atoms with van der Waals surface area (Å²) in [4.78, 5) is 15.3. The number of morpholine rings is 1. The fourth-order valence-corrected chi connectivity index (χ4v) is 3.99.